The molecule has 0 N–H and O–H groups in total. The van der Waals surface area contributed by atoms with Crippen LogP contribution in [0, 0.1) is 0 Å². The molecule has 8 aromatic carbocycles. The molecule has 0 unspecified atom stereocenters. The van der Waals surface area contributed by atoms with Crippen LogP contribution in [0.2, 0.25) is 0 Å². The third-order valence-corrected chi connectivity index (χ3v) is 12.2. The SMILES string of the molecule is C/C=C\C=C1\Cc2ccc(-n3c4ccccc4c4cc(-c5cc(-c6ccccc6)cc(-c6ccccc6)c5)ccc43)cc2C1=Cc1cc(-c2ccccc2)nc(-c2ccccc2)n1. The molecule has 0 bridgehead atoms. The number of fused-ring (bicyclic) bond motifs is 4. The van der Waals surface area contributed by atoms with Crippen molar-refractivity contribution in [3.63, 3.8) is 0 Å². The van der Waals surface area contributed by atoms with Crippen molar-refractivity contribution >= 4 is 33.5 Å². The third kappa shape index (κ3) is 7.30. The molecule has 0 amide bonds. The van der Waals surface area contributed by atoms with E-state index in [4.69, 9.17) is 9.97 Å². The fraction of sp³-hybridized carbons (Fsp3) is 0.0333. The molecule has 3 nitrogen and oxygen atoms in total. The van der Waals surface area contributed by atoms with Gasteiger partial charge in [0, 0.05) is 27.6 Å². The van der Waals surface area contributed by atoms with Crippen LogP contribution >= 0.6 is 0 Å². The molecule has 0 atom stereocenters. The molecule has 0 spiro atoms. The molecule has 298 valence electrons. The maximum Gasteiger partial charge on any atom is 0.160 e. The van der Waals surface area contributed by atoms with Crippen molar-refractivity contribution in [3.05, 3.63) is 247 Å². The molecule has 0 radical (unpaired) electrons. The van der Waals surface area contributed by atoms with E-state index in [1.807, 2.05) is 24.3 Å². The van der Waals surface area contributed by atoms with E-state index in [9.17, 15) is 0 Å². The standard InChI is InChI=1S/C60H43N3/c1-2-3-18-46-33-47-29-31-52(40-55(47)54(46)38-51-39-57(43-23-12-6-13-24-43)62-60(61-51)44-25-14-7-15-26-44)63-58-28-17-16-27-53(58)56-37-45(30-32-59(56)63)50-35-48(41-19-8-4-9-20-41)34-49(36-50)42-21-10-5-11-22-42/h2-32,34-40H,33H2,1H3/b3-2-,46-18-,54-38?. The number of nitrogens with zero attached hydrogens (tertiary/aromatic N) is 3. The molecule has 2 aromatic heterocycles. The van der Waals surface area contributed by atoms with E-state index in [1.165, 1.54) is 77.5 Å². The Labute approximate surface area is 368 Å². The molecule has 0 saturated heterocycles. The highest BCUT2D eigenvalue weighted by Crippen LogP contribution is 2.42. The molecule has 0 saturated carbocycles. The van der Waals surface area contributed by atoms with Crippen molar-refractivity contribution in [3.8, 4) is 61.7 Å². The number of allylic oxidation sites excluding steroid dienone is 5. The first kappa shape index (κ1) is 37.8. The van der Waals surface area contributed by atoms with E-state index in [2.05, 4.69) is 218 Å². The van der Waals surface area contributed by atoms with Gasteiger partial charge in [-0.05, 0) is 130 Å². The second-order valence-corrected chi connectivity index (χ2v) is 16.1. The van der Waals surface area contributed by atoms with Crippen LogP contribution in [0.15, 0.2) is 230 Å². The van der Waals surface area contributed by atoms with Crippen LogP contribution in [0.25, 0.3) is 95.2 Å². The van der Waals surface area contributed by atoms with Gasteiger partial charge in [-0.1, -0.05) is 170 Å². The summed E-state index contributed by atoms with van der Waals surface area (Å²) in [6, 6.07) is 73.9. The average Bonchev–Trinajstić information content (AvgIpc) is 3.88. The van der Waals surface area contributed by atoms with E-state index in [0.29, 0.717) is 5.82 Å². The number of hydrogen-bond acceptors (Lipinski definition) is 2. The fourth-order valence-corrected chi connectivity index (χ4v) is 9.09. The van der Waals surface area contributed by atoms with Gasteiger partial charge in [0.05, 0.1) is 22.4 Å². The molecule has 1 aliphatic carbocycles. The smallest absolute Gasteiger partial charge is 0.160 e. The normalized spacial score (nSPS) is 13.7. The Bertz CT molecular complexity index is 3280. The van der Waals surface area contributed by atoms with Gasteiger partial charge in [0.25, 0.3) is 0 Å². The molecule has 63 heavy (non-hydrogen) atoms. The van der Waals surface area contributed by atoms with Crippen molar-refractivity contribution in [2.75, 3.05) is 0 Å². The van der Waals surface area contributed by atoms with E-state index >= 15 is 0 Å². The highest BCUT2D eigenvalue weighted by Gasteiger charge is 2.24. The minimum absolute atomic E-state index is 0.711. The maximum absolute atomic E-state index is 5.17. The summed E-state index contributed by atoms with van der Waals surface area (Å²) in [7, 11) is 0. The summed E-state index contributed by atoms with van der Waals surface area (Å²) in [4.78, 5) is 10.2. The topological polar surface area (TPSA) is 30.7 Å². The number of para-hydroxylation sites is 1. The molecule has 0 fully saturated rings. The van der Waals surface area contributed by atoms with Crippen molar-refractivity contribution in [1.29, 1.82) is 0 Å². The van der Waals surface area contributed by atoms with Gasteiger partial charge in [-0.15, -0.1) is 0 Å². The van der Waals surface area contributed by atoms with Crippen LogP contribution < -0.4 is 0 Å². The predicted molar refractivity (Wildman–Crippen MR) is 264 cm³/mol. The largest absolute Gasteiger partial charge is 0.309 e. The first-order valence-corrected chi connectivity index (χ1v) is 21.6. The predicted octanol–water partition coefficient (Wildman–Crippen LogP) is 15.5. The Hall–Kier alpha value is -8.14. The van der Waals surface area contributed by atoms with Gasteiger partial charge in [-0.3, -0.25) is 0 Å². The van der Waals surface area contributed by atoms with Gasteiger partial charge in [0.2, 0.25) is 0 Å². The average molecular weight is 806 g/mol. The lowest BCUT2D eigenvalue weighted by molar-refractivity contribution is 1.16. The van der Waals surface area contributed by atoms with Crippen LogP contribution in [0.4, 0.5) is 0 Å². The first-order valence-electron chi connectivity index (χ1n) is 21.6. The molecule has 3 heteroatoms. The summed E-state index contributed by atoms with van der Waals surface area (Å²) >= 11 is 0. The Morgan fingerprint density at radius 3 is 1.71 bits per heavy atom. The fourth-order valence-electron chi connectivity index (χ4n) is 9.09. The Kier molecular flexibility index (Phi) is 9.83. The van der Waals surface area contributed by atoms with Gasteiger partial charge in [0.1, 0.15) is 0 Å². The number of aromatic nitrogens is 3. The highest BCUT2D eigenvalue weighted by atomic mass is 15.0. The number of hydrogen-bond donors (Lipinski definition) is 0. The third-order valence-electron chi connectivity index (χ3n) is 12.2. The van der Waals surface area contributed by atoms with Crippen molar-refractivity contribution in [1.82, 2.24) is 14.5 Å². The summed E-state index contributed by atoms with van der Waals surface area (Å²) < 4.78 is 2.43. The zero-order valence-corrected chi connectivity index (χ0v) is 35.0. The minimum Gasteiger partial charge on any atom is -0.309 e. The van der Waals surface area contributed by atoms with Gasteiger partial charge in [0.15, 0.2) is 5.82 Å². The number of benzene rings is 8. The summed E-state index contributed by atoms with van der Waals surface area (Å²) in [6.07, 6.45) is 9.59. The molecular formula is C60H43N3. The Morgan fingerprint density at radius 2 is 1.05 bits per heavy atom. The Morgan fingerprint density at radius 1 is 0.460 bits per heavy atom. The highest BCUT2D eigenvalue weighted by molar-refractivity contribution is 6.11. The molecule has 2 heterocycles. The summed E-state index contributed by atoms with van der Waals surface area (Å²) in [5.74, 6) is 0.711. The van der Waals surface area contributed by atoms with E-state index in [-0.39, 0.29) is 0 Å². The van der Waals surface area contributed by atoms with Gasteiger partial charge < -0.3 is 4.57 Å². The summed E-state index contributed by atoms with van der Waals surface area (Å²) in [6.45, 7) is 2.07. The van der Waals surface area contributed by atoms with E-state index < -0.39 is 0 Å². The van der Waals surface area contributed by atoms with Crippen LogP contribution in [0.3, 0.4) is 0 Å². The van der Waals surface area contributed by atoms with Crippen LogP contribution in [0.5, 0.6) is 0 Å². The quantitative estimate of drug-likeness (QED) is 0.153. The lowest BCUT2D eigenvalue weighted by Crippen LogP contribution is -1.97. The molecule has 10 aromatic rings. The van der Waals surface area contributed by atoms with Crippen LogP contribution in [-0.4, -0.2) is 14.5 Å². The van der Waals surface area contributed by atoms with Crippen LogP contribution in [0.1, 0.15) is 23.7 Å². The lowest BCUT2D eigenvalue weighted by atomic mass is 9.93. The van der Waals surface area contributed by atoms with Gasteiger partial charge in [-0.2, -0.15) is 0 Å². The zero-order valence-electron chi connectivity index (χ0n) is 35.0. The van der Waals surface area contributed by atoms with Crippen molar-refractivity contribution in [2.45, 2.75) is 13.3 Å². The van der Waals surface area contributed by atoms with E-state index in [1.54, 1.807) is 0 Å². The number of rotatable bonds is 8. The van der Waals surface area contributed by atoms with Gasteiger partial charge >= 0.3 is 0 Å². The molecule has 0 aliphatic heterocycles. The van der Waals surface area contributed by atoms with Crippen molar-refractivity contribution < 1.29 is 0 Å². The molecule has 1 aliphatic rings. The second kappa shape index (κ2) is 16.4. The molecule has 11 rings (SSSR count). The summed E-state index contributed by atoms with van der Waals surface area (Å²) in [5, 5.41) is 2.45. The minimum atomic E-state index is 0.711. The van der Waals surface area contributed by atoms with E-state index in [0.717, 1.165) is 34.6 Å². The second-order valence-electron chi connectivity index (χ2n) is 16.1. The molecular weight excluding hydrogens is 763 g/mol. The first-order chi connectivity index (χ1) is 31.2. The maximum atomic E-state index is 5.17. The Balaban J connectivity index is 1.06. The summed E-state index contributed by atoms with van der Waals surface area (Å²) in [5.41, 5.74) is 19.5. The zero-order chi connectivity index (χ0) is 42.1. The lowest BCUT2D eigenvalue weighted by Gasteiger charge is -2.13. The monoisotopic (exact) mass is 805 g/mol. The van der Waals surface area contributed by atoms with Gasteiger partial charge in [-0.25, -0.2) is 9.97 Å². The van der Waals surface area contributed by atoms with Crippen LogP contribution in [-0.2, 0) is 6.42 Å². The van der Waals surface area contributed by atoms with Crippen molar-refractivity contribution in [2.24, 2.45) is 0 Å².